The molecule has 2 aromatic carbocycles. The zero-order chi connectivity index (χ0) is 19.0. The van der Waals surface area contributed by atoms with Crippen molar-refractivity contribution in [2.24, 2.45) is 0 Å². The molecule has 0 amide bonds. The zero-order valence-corrected chi connectivity index (χ0v) is 15.9. The number of benzene rings is 2. The fourth-order valence-corrected chi connectivity index (χ4v) is 3.76. The van der Waals surface area contributed by atoms with Crippen LogP contribution in [0.1, 0.15) is 11.1 Å². The number of methoxy groups -OCH3 is 2. The van der Waals surface area contributed by atoms with E-state index in [1.54, 1.807) is 18.6 Å². The number of ether oxygens (including phenoxy) is 2. The minimum absolute atomic E-state index is 0.134. The summed E-state index contributed by atoms with van der Waals surface area (Å²) in [6.07, 6.45) is 1.82. The molecule has 4 aromatic rings. The minimum Gasteiger partial charge on any atom is -0.493 e. The predicted octanol–water partition coefficient (Wildman–Crippen LogP) is 2.69. The van der Waals surface area contributed by atoms with Gasteiger partial charge in [-0.3, -0.25) is 4.79 Å². The van der Waals surface area contributed by atoms with Crippen LogP contribution in [-0.2, 0) is 0 Å². The molecule has 0 atom stereocenters. The normalized spacial score (nSPS) is 11.9. The molecule has 0 spiro atoms. The van der Waals surface area contributed by atoms with E-state index in [1.807, 2.05) is 55.5 Å². The quantitative estimate of drug-likeness (QED) is 0.545. The molecule has 0 saturated heterocycles. The van der Waals surface area contributed by atoms with Gasteiger partial charge >= 0.3 is 0 Å². The second-order valence-corrected chi connectivity index (χ2v) is 7.05. The lowest BCUT2D eigenvalue weighted by Gasteiger charge is -2.07. The van der Waals surface area contributed by atoms with E-state index in [-0.39, 0.29) is 5.56 Å². The number of thiazole rings is 1. The number of aromatic nitrogens is 3. The van der Waals surface area contributed by atoms with Crippen molar-refractivity contribution in [2.45, 2.75) is 6.92 Å². The molecular formula is C20H17N3O3S. The fourth-order valence-electron chi connectivity index (χ4n) is 2.85. The lowest BCUT2D eigenvalue weighted by Crippen LogP contribution is -2.23. The van der Waals surface area contributed by atoms with E-state index in [4.69, 9.17) is 9.47 Å². The summed E-state index contributed by atoms with van der Waals surface area (Å²) in [5, 5.41) is 8.36. The molecule has 0 aliphatic carbocycles. The highest BCUT2D eigenvalue weighted by molar-refractivity contribution is 7.15. The molecule has 6 nitrogen and oxygen atoms in total. The maximum atomic E-state index is 12.9. The highest BCUT2D eigenvalue weighted by Gasteiger charge is 2.14. The Bertz CT molecular complexity index is 1230. The van der Waals surface area contributed by atoms with Crippen LogP contribution in [0.25, 0.3) is 22.4 Å². The molecule has 136 valence electrons. The average Bonchev–Trinajstić information content (AvgIpc) is 3.23. The van der Waals surface area contributed by atoms with E-state index >= 15 is 0 Å². The van der Waals surface area contributed by atoms with Gasteiger partial charge in [0, 0.05) is 5.56 Å². The van der Waals surface area contributed by atoms with Gasteiger partial charge in [-0.1, -0.05) is 47.2 Å². The molecular weight excluding hydrogens is 362 g/mol. The summed E-state index contributed by atoms with van der Waals surface area (Å²) in [7, 11) is 3.17. The van der Waals surface area contributed by atoms with Gasteiger partial charge < -0.3 is 9.47 Å². The Morgan fingerprint density at radius 1 is 1.00 bits per heavy atom. The molecule has 0 N–H and O–H groups in total. The van der Waals surface area contributed by atoms with Gasteiger partial charge in [-0.25, -0.2) is 4.40 Å². The van der Waals surface area contributed by atoms with Crippen LogP contribution < -0.4 is 19.6 Å². The first-order chi connectivity index (χ1) is 13.1. The van der Waals surface area contributed by atoms with Crippen LogP contribution in [0, 0.1) is 6.92 Å². The molecule has 0 bridgehead atoms. The van der Waals surface area contributed by atoms with Crippen molar-refractivity contribution >= 4 is 22.4 Å². The number of aryl methyl sites for hydroxylation is 1. The van der Waals surface area contributed by atoms with E-state index in [0.717, 1.165) is 16.7 Å². The van der Waals surface area contributed by atoms with Gasteiger partial charge in [0.05, 0.1) is 18.8 Å². The molecule has 0 aliphatic heterocycles. The van der Waals surface area contributed by atoms with Crippen molar-refractivity contribution in [1.82, 2.24) is 14.6 Å². The topological polar surface area (TPSA) is 65.7 Å². The third-order valence-corrected chi connectivity index (χ3v) is 5.22. The molecule has 0 radical (unpaired) electrons. The SMILES string of the molecule is COc1ccc(/C=c2\sc3nnc(-c4ccc(C)cc4)n3c2=O)cc1OC. The van der Waals surface area contributed by atoms with Crippen molar-refractivity contribution in [3.63, 3.8) is 0 Å². The Kier molecular flexibility index (Phi) is 4.37. The fraction of sp³-hybridized carbons (Fsp3) is 0.150. The third-order valence-electron chi connectivity index (χ3n) is 4.26. The molecule has 2 aromatic heterocycles. The summed E-state index contributed by atoms with van der Waals surface area (Å²) in [4.78, 5) is 13.5. The minimum atomic E-state index is -0.134. The lowest BCUT2D eigenvalue weighted by molar-refractivity contribution is 0.355. The van der Waals surface area contributed by atoms with Gasteiger partial charge in [0.25, 0.3) is 5.56 Å². The summed E-state index contributed by atoms with van der Waals surface area (Å²) in [5.74, 6) is 1.81. The van der Waals surface area contributed by atoms with Gasteiger partial charge in [0.2, 0.25) is 4.96 Å². The van der Waals surface area contributed by atoms with Crippen LogP contribution in [0.5, 0.6) is 11.5 Å². The molecule has 0 unspecified atom stereocenters. The Hall–Kier alpha value is -3.19. The number of fused-ring (bicyclic) bond motifs is 1. The Morgan fingerprint density at radius 3 is 2.44 bits per heavy atom. The number of hydrogen-bond donors (Lipinski definition) is 0. The Labute approximate surface area is 159 Å². The molecule has 0 saturated carbocycles. The highest BCUT2D eigenvalue weighted by atomic mass is 32.1. The van der Waals surface area contributed by atoms with Gasteiger partial charge in [0.15, 0.2) is 17.3 Å². The smallest absolute Gasteiger partial charge is 0.276 e. The summed E-state index contributed by atoms with van der Waals surface area (Å²) in [5.41, 5.74) is 2.72. The van der Waals surface area contributed by atoms with Gasteiger partial charge in [0.1, 0.15) is 0 Å². The van der Waals surface area contributed by atoms with Crippen molar-refractivity contribution in [1.29, 1.82) is 0 Å². The van der Waals surface area contributed by atoms with Crippen LogP contribution >= 0.6 is 11.3 Å². The van der Waals surface area contributed by atoms with Crippen molar-refractivity contribution < 1.29 is 9.47 Å². The van der Waals surface area contributed by atoms with Crippen LogP contribution in [0.4, 0.5) is 0 Å². The van der Waals surface area contributed by atoms with Crippen LogP contribution in [0.3, 0.4) is 0 Å². The number of hydrogen-bond acceptors (Lipinski definition) is 6. The van der Waals surface area contributed by atoms with Crippen LogP contribution in [0.2, 0.25) is 0 Å². The number of nitrogens with zero attached hydrogens (tertiary/aromatic N) is 3. The van der Waals surface area contributed by atoms with Gasteiger partial charge in [-0.15, -0.1) is 10.2 Å². The highest BCUT2D eigenvalue weighted by Crippen LogP contribution is 2.27. The Balaban J connectivity index is 1.84. The van der Waals surface area contributed by atoms with Crippen molar-refractivity contribution in [2.75, 3.05) is 14.2 Å². The third kappa shape index (κ3) is 3.06. The zero-order valence-electron chi connectivity index (χ0n) is 15.1. The summed E-state index contributed by atoms with van der Waals surface area (Å²) >= 11 is 1.31. The van der Waals surface area contributed by atoms with E-state index in [9.17, 15) is 4.79 Å². The predicted molar refractivity (Wildman–Crippen MR) is 106 cm³/mol. The van der Waals surface area contributed by atoms with Gasteiger partial charge in [-0.2, -0.15) is 0 Å². The molecule has 2 heterocycles. The lowest BCUT2D eigenvalue weighted by atomic mass is 10.1. The monoisotopic (exact) mass is 379 g/mol. The first-order valence-corrected chi connectivity index (χ1v) is 9.11. The van der Waals surface area contributed by atoms with Gasteiger partial charge in [-0.05, 0) is 30.7 Å². The summed E-state index contributed by atoms with van der Waals surface area (Å²) < 4.78 is 12.7. The van der Waals surface area contributed by atoms with Crippen molar-refractivity contribution in [3.05, 3.63) is 68.5 Å². The summed E-state index contributed by atoms with van der Waals surface area (Å²) in [6, 6.07) is 13.4. The second-order valence-electron chi connectivity index (χ2n) is 6.04. The Morgan fingerprint density at radius 2 is 1.74 bits per heavy atom. The maximum absolute atomic E-state index is 12.9. The second kappa shape index (κ2) is 6.85. The van der Waals surface area contributed by atoms with E-state index < -0.39 is 0 Å². The van der Waals surface area contributed by atoms with E-state index in [2.05, 4.69) is 10.2 Å². The van der Waals surface area contributed by atoms with E-state index in [0.29, 0.717) is 26.8 Å². The molecule has 0 aliphatic rings. The van der Waals surface area contributed by atoms with Crippen LogP contribution in [-0.4, -0.2) is 28.8 Å². The molecule has 4 rings (SSSR count). The molecule has 27 heavy (non-hydrogen) atoms. The average molecular weight is 379 g/mol. The standard InChI is InChI=1S/C20H17N3O3S/c1-12-4-7-14(8-5-12)18-21-22-20-23(18)19(24)17(27-20)11-13-6-9-15(25-2)16(10-13)26-3/h4-11H,1-3H3/b17-11-. The first-order valence-electron chi connectivity index (χ1n) is 8.29. The molecule has 0 fully saturated rings. The van der Waals surface area contributed by atoms with Crippen LogP contribution in [0.15, 0.2) is 47.3 Å². The summed E-state index contributed by atoms with van der Waals surface area (Å²) in [6.45, 7) is 2.02. The first kappa shape index (κ1) is 17.2. The largest absolute Gasteiger partial charge is 0.493 e. The maximum Gasteiger partial charge on any atom is 0.276 e. The van der Waals surface area contributed by atoms with E-state index in [1.165, 1.54) is 11.3 Å². The molecule has 7 heteroatoms. The van der Waals surface area contributed by atoms with Crippen molar-refractivity contribution in [3.8, 4) is 22.9 Å². The number of rotatable bonds is 4.